The molecule has 9 heteroatoms. The Balaban J connectivity index is 1.30. The normalized spacial score (nSPS) is 15.7. The quantitative estimate of drug-likeness (QED) is 0.210. The molecule has 0 bridgehead atoms. The highest BCUT2D eigenvalue weighted by atomic mass is 32.2. The van der Waals surface area contributed by atoms with Crippen molar-refractivity contribution in [2.45, 2.75) is 30.4 Å². The lowest BCUT2D eigenvalue weighted by Gasteiger charge is -2.24. The Kier molecular flexibility index (Phi) is 10.1. The zero-order valence-corrected chi connectivity index (χ0v) is 25.6. The summed E-state index contributed by atoms with van der Waals surface area (Å²) in [5.41, 5.74) is 9.86. The van der Waals surface area contributed by atoms with E-state index in [1.165, 1.54) is 11.8 Å². The van der Waals surface area contributed by atoms with Gasteiger partial charge in [-0.2, -0.15) is 0 Å². The van der Waals surface area contributed by atoms with E-state index in [0.29, 0.717) is 36.6 Å². The van der Waals surface area contributed by atoms with E-state index >= 15 is 0 Å². The molecule has 1 fully saturated rings. The number of nitrogens with one attached hydrogen (secondary N) is 1. The van der Waals surface area contributed by atoms with Gasteiger partial charge in [-0.05, 0) is 79.1 Å². The van der Waals surface area contributed by atoms with E-state index in [0.717, 1.165) is 22.3 Å². The van der Waals surface area contributed by atoms with Crippen LogP contribution in [0.1, 0.15) is 51.3 Å². The lowest BCUT2D eigenvalue weighted by Crippen LogP contribution is -2.34. The number of rotatable bonds is 10. The number of ether oxygens (including phenoxy) is 1. The summed E-state index contributed by atoms with van der Waals surface area (Å²) in [5, 5.41) is 11.8. The van der Waals surface area contributed by atoms with Crippen molar-refractivity contribution in [1.29, 1.82) is 0 Å². The number of hydrogen-bond donors (Lipinski definition) is 3. The van der Waals surface area contributed by atoms with Gasteiger partial charge >= 0.3 is 0 Å². The summed E-state index contributed by atoms with van der Waals surface area (Å²) in [4.78, 5) is 40.3. The van der Waals surface area contributed by atoms with Crippen molar-refractivity contribution in [3.63, 3.8) is 0 Å². The Bertz CT molecular complexity index is 1750. The molecular formula is C36H33N3O5S. The molecule has 5 rings (SSSR count). The number of thioether (sulfide) groups is 1. The number of phenolic OH excluding ortho intramolecular Hbond substituents is 1. The molecule has 0 aliphatic carbocycles. The largest absolute Gasteiger partial charge is 0.504 e. The van der Waals surface area contributed by atoms with Crippen LogP contribution in [0.3, 0.4) is 0 Å². The fourth-order valence-corrected chi connectivity index (χ4v) is 6.40. The van der Waals surface area contributed by atoms with Crippen molar-refractivity contribution < 1.29 is 24.2 Å². The highest BCUT2D eigenvalue weighted by Gasteiger charge is 2.42. The zero-order chi connectivity index (χ0) is 31.8. The van der Waals surface area contributed by atoms with Crippen molar-refractivity contribution in [3.8, 4) is 23.3 Å². The summed E-state index contributed by atoms with van der Waals surface area (Å²) in [6.07, 6.45) is 0.526. The topological polar surface area (TPSA) is 122 Å². The number of amides is 3. The summed E-state index contributed by atoms with van der Waals surface area (Å²) >= 11 is 1.39. The minimum Gasteiger partial charge on any atom is -0.504 e. The first kappa shape index (κ1) is 31.2. The number of nitrogens with two attached hydrogens (primary N) is 1. The van der Waals surface area contributed by atoms with E-state index in [1.54, 1.807) is 47.4 Å². The maximum Gasteiger partial charge on any atom is 0.248 e. The molecule has 0 saturated carbocycles. The molecule has 3 amide bonds. The van der Waals surface area contributed by atoms with Crippen LogP contribution in [0.5, 0.6) is 11.5 Å². The second kappa shape index (κ2) is 14.5. The van der Waals surface area contributed by atoms with Crippen molar-refractivity contribution in [1.82, 2.24) is 5.32 Å². The third-order valence-electron chi connectivity index (χ3n) is 7.20. The van der Waals surface area contributed by atoms with Crippen LogP contribution in [0.4, 0.5) is 5.69 Å². The number of aromatic hydroxyl groups is 1. The maximum atomic E-state index is 13.8. The molecule has 4 aromatic rings. The standard InChI is InChI=1S/C36H33N3O5S/c1-2-44-31-21-26(15-18-30(31)40)19-20-38-33(41)23-32-35(43)39(29-10-6-9-28(22-29)34(37)42)36(45-32)27-16-13-25(14-17-27)12-11-24-7-4-3-5-8-24/h3-10,13-18,21-22,32,36,40H,2,19-20,23H2,1H3,(H2,37,42)(H,38,41)/t32-,36+/m1/s1. The molecule has 0 unspecified atom stereocenters. The smallest absolute Gasteiger partial charge is 0.248 e. The van der Waals surface area contributed by atoms with Gasteiger partial charge in [-0.1, -0.05) is 54.3 Å². The Morgan fingerprint density at radius 2 is 1.69 bits per heavy atom. The first-order valence-electron chi connectivity index (χ1n) is 14.6. The van der Waals surface area contributed by atoms with E-state index in [4.69, 9.17) is 10.5 Å². The van der Waals surface area contributed by atoms with Crippen LogP contribution in [0.25, 0.3) is 0 Å². The Morgan fingerprint density at radius 3 is 2.40 bits per heavy atom. The van der Waals surface area contributed by atoms with Gasteiger partial charge < -0.3 is 20.9 Å². The summed E-state index contributed by atoms with van der Waals surface area (Å²) in [5.74, 6) is 5.72. The fraction of sp³-hybridized carbons (Fsp3) is 0.194. The molecule has 45 heavy (non-hydrogen) atoms. The first-order valence-corrected chi connectivity index (χ1v) is 15.5. The summed E-state index contributed by atoms with van der Waals surface area (Å²) in [6, 6.07) is 29.2. The van der Waals surface area contributed by atoms with E-state index < -0.39 is 16.5 Å². The van der Waals surface area contributed by atoms with Crippen molar-refractivity contribution in [3.05, 3.63) is 125 Å². The average Bonchev–Trinajstić information content (AvgIpc) is 3.37. The summed E-state index contributed by atoms with van der Waals surface area (Å²) in [6.45, 7) is 2.63. The molecule has 1 heterocycles. The van der Waals surface area contributed by atoms with Gasteiger partial charge in [0.05, 0.1) is 11.9 Å². The lowest BCUT2D eigenvalue weighted by atomic mass is 10.1. The van der Waals surface area contributed by atoms with E-state index in [9.17, 15) is 19.5 Å². The van der Waals surface area contributed by atoms with Gasteiger partial charge in [-0.15, -0.1) is 11.8 Å². The fourth-order valence-electron chi connectivity index (χ4n) is 4.95. The van der Waals surface area contributed by atoms with Crippen LogP contribution in [-0.4, -0.2) is 41.2 Å². The number of hydrogen-bond acceptors (Lipinski definition) is 6. The zero-order valence-electron chi connectivity index (χ0n) is 24.7. The monoisotopic (exact) mass is 619 g/mol. The molecule has 228 valence electrons. The van der Waals surface area contributed by atoms with E-state index in [2.05, 4.69) is 17.2 Å². The van der Waals surface area contributed by atoms with Crippen molar-refractivity contribution in [2.24, 2.45) is 5.73 Å². The molecule has 1 aliphatic rings. The Labute approximate surface area is 266 Å². The average molecular weight is 620 g/mol. The Morgan fingerprint density at radius 1 is 0.956 bits per heavy atom. The van der Waals surface area contributed by atoms with Gasteiger partial charge in [0.2, 0.25) is 17.7 Å². The number of benzene rings is 4. The van der Waals surface area contributed by atoms with E-state index in [-0.39, 0.29) is 24.0 Å². The van der Waals surface area contributed by atoms with Gasteiger partial charge in [0.1, 0.15) is 5.37 Å². The van der Waals surface area contributed by atoms with Crippen LogP contribution < -0.4 is 20.7 Å². The third-order valence-corrected chi connectivity index (χ3v) is 8.64. The molecular weight excluding hydrogens is 586 g/mol. The van der Waals surface area contributed by atoms with Gasteiger partial charge in [0.15, 0.2) is 11.5 Å². The van der Waals surface area contributed by atoms with Crippen LogP contribution in [0.15, 0.2) is 97.1 Å². The molecule has 4 aromatic carbocycles. The second-order valence-corrected chi connectivity index (χ2v) is 11.7. The molecule has 0 aromatic heterocycles. The third kappa shape index (κ3) is 7.85. The van der Waals surface area contributed by atoms with Gasteiger partial charge in [0, 0.05) is 35.3 Å². The summed E-state index contributed by atoms with van der Waals surface area (Å²) in [7, 11) is 0. The van der Waals surface area contributed by atoms with Gasteiger partial charge in [-0.3, -0.25) is 19.3 Å². The number of phenols is 1. The van der Waals surface area contributed by atoms with Crippen molar-refractivity contribution in [2.75, 3.05) is 18.1 Å². The number of carbonyl (C=O) groups is 3. The molecule has 0 spiro atoms. The minimum absolute atomic E-state index is 0.00752. The second-order valence-electron chi connectivity index (χ2n) is 10.4. The number of carbonyl (C=O) groups excluding carboxylic acids is 3. The SMILES string of the molecule is CCOc1cc(CCNC(=O)C[C@H]2S[C@@H](c3ccc(C#Cc4ccccc4)cc3)N(c3cccc(C(N)=O)c3)C2=O)ccc1O. The van der Waals surface area contributed by atoms with Crippen LogP contribution in [-0.2, 0) is 16.0 Å². The number of primary amides is 1. The van der Waals surface area contributed by atoms with Gasteiger partial charge in [0.25, 0.3) is 0 Å². The minimum atomic E-state index is -0.636. The lowest BCUT2D eigenvalue weighted by molar-refractivity contribution is -0.124. The van der Waals surface area contributed by atoms with Crippen LogP contribution in [0, 0.1) is 11.8 Å². The maximum absolute atomic E-state index is 13.8. The molecule has 2 atom stereocenters. The molecule has 1 aliphatic heterocycles. The highest BCUT2D eigenvalue weighted by molar-refractivity contribution is 8.01. The van der Waals surface area contributed by atoms with E-state index in [1.807, 2.05) is 61.5 Å². The van der Waals surface area contributed by atoms with Crippen LogP contribution >= 0.6 is 11.8 Å². The molecule has 4 N–H and O–H groups in total. The highest BCUT2D eigenvalue weighted by Crippen LogP contribution is 2.46. The molecule has 8 nitrogen and oxygen atoms in total. The number of nitrogens with zero attached hydrogens (tertiary/aromatic N) is 1. The Hall–Kier alpha value is -5.20. The predicted molar refractivity (Wildman–Crippen MR) is 176 cm³/mol. The number of anilines is 1. The summed E-state index contributed by atoms with van der Waals surface area (Å²) < 4.78 is 5.44. The van der Waals surface area contributed by atoms with Crippen molar-refractivity contribution >= 4 is 35.2 Å². The predicted octanol–water partition coefficient (Wildman–Crippen LogP) is 5.19. The van der Waals surface area contributed by atoms with Gasteiger partial charge in [-0.25, -0.2) is 0 Å². The molecule has 1 saturated heterocycles. The molecule has 0 radical (unpaired) electrons. The first-order chi connectivity index (χ1) is 21.8. The van der Waals surface area contributed by atoms with Crippen LogP contribution in [0.2, 0.25) is 0 Å².